The Labute approximate surface area is 109 Å². The van der Waals surface area contributed by atoms with Crippen molar-refractivity contribution in [1.29, 1.82) is 5.26 Å². The number of benzene rings is 1. The number of hydrogen-bond donors (Lipinski definition) is 1. The number of halogens is 1. The molecular weight excluding hydrogens is 249 g/mol. The first-order chi connectivity index (χ1) is 8.70. The second-order valence-electron chi connectivity index (χ2n) is 3.96. The van der Waals surface area contributed by atoms with Crippen LogP contribution in [0.5, 0.6) is 0 Å². The van der Waals surface area contributed by atoms with Crippen molar-refractivity contribution in [3.63, 3.8) is 0 Å². The first kappa shape index (κ1) is 12.5. The van der Waals surface area contributed by atoms with E-state index in [0.717, 1.165) is 5.01 Å². The van der Waals surface area contributed by atoms with E-state index in [4.69, 9.17) is 5.26 Å². The molecule has 2 aromatic rings. The van der Waals surface area contributed by atoms with Crippen molar-refractivity contribution in [2.75, 3.05) is 11.9 Å². The second-order valence-corrected chi connectivity index (χ2v) is 4.88. The molecule has 1 N–H and O–H groups in total. The number of aromatic nitrogens is 1. The minimum absolute atomic E-state index is 0.222. The molecule has 92 valence electrons. The highest BCUT2D eigenvalue weighted by atomic mass is 32.1. The van der Waals surface area contributed by atoms with Gasteiger partial charge in [0.1, 0.15) is 5.82 Å². The molecule has 1 aromatic carbocycles. The van der Waals surface area contributed by atoms with Gasteiger partial charge in [0.2, 0.25) is 0 Å². The second kappa shape index (κ2) is 5.61. The molecular formula is C13H12FN3S. The maximum absolute atomic E-state index is 13.6. The summed E-state index contributed by atoms with van der Waals surface area (Å²) in [5.74, 6) is -0.180. The van der Waals surface area contributed by atoms with Gasteiger partial charge in [-0.2, -0.15) is 5.26 Å². The van der Waals surface area contributed by atoms with E-state index in [-0.39, 0.29) is 5.92 Å². The number of thiazole rings is 1. The van der Waals surface area contributed by atoms with Crippen molar-refractivity contribution in [2.24, 2.45) is 0 Å². The fraction of sp³-hybridized carbons (Fsp3) is 0.231. The number of anilines is 1. The maximum atomic E-state index is 13.6. The summed E-state index contributed by atoms with van der Waals surface area (Å²) in [6.07, 6.45) is 1.76. The fourth-order valence-electron chi connectivity index (χ4n) is 1.56. The van der Waals surface area contributed by atoms with Gasteiger partial charge < -0.3 is 5.32 Å². The van der Waals surface area contributed by atoms with Crippen molar-refractivity contribution in [3.05, 3.63) is 46.2 Å². The summed E-state index contributed by atoms with van der Waals surface area (Å²) in [4.78, 5) is 4.22. The molecule has 0 spiro atoms. The first-order valence-corrected chi connectivity index (χ1v) is 6.41. The first-order valence-electron chi connectivity index (χ1n) is 5.53. The lowest BCUT2D eigenvalue weighted by Gasteiger charge is -2.11. The van der Waals surface area contributed by atoms with Crippen LogP contribution in [0, 0.1) is 17.1 Å². The molecule has 2 rings (SSSR count). The molecule has 1 unspecified atom stereocenters. The summed E-state index contributed by atoms with van der Waals surface area (Å²) >= 11 is 1.59. The van der Waals surface area contributed by atoms with Crippen molar-refractivity contribution in [1.82, 2.24) is 4.98 Å². The molecule has 0 aliphatic carbocycles. The average Bonchev–Trinajstić information content (AvgIpc) is 2.90. The lowest BCUT2D eigenvalue weighted by atomic mass is 10.1. The molecule has 1 heterocycles. The van der Waals surface area contributed by atoms with Crippen LogP contribution in [0.3, 0.4) is 0 Å². The Kier molecular flexibility index (Phi) is 3.90. The predicted molar refractivity (Wildman–Crippen MR) is 70.1 cm³/mol. The van der Waals surface area contributed by atoms with Crippen molar-refractivity contribution >= 4 is 17.0 Å². The highest BCUT2D eigenvalue weighted by molar-refractivity contribution is 7.09. The maximum Gasteiger partial charge on any atom is 0.147 e. The minimum atomic E-state index is -0.402. The van der Waals surface area contributed by atoms with Crippen LogP contribution >= 0.6 is 11.3 Å². The lowest BCUT2D eigenvalue weighted by Crippen LogP contribution is -2.10. The molecule has 0 fully saturated rings. The predicted octanol–water partition coefficient (Wildman–Crippen LogP) is 3.37. The smallest absolute Gasteiger partial charge is 0.147 e. The molecule has 0 aliphatic heterocycles. The zero-order valence-corrected chi connectivity index (χ0v) is 10.7. The quantitative estimate of drug-likeness (QED) is 0.918. The van der Waals surface area contributed by atoms with Crippen LogP contribution in [0.1, 0.15) is 23.4 Å². The van der Waals surface area contributed by atoms with Gasteiger partial charge in [0, 0.05) is 24.0 Å². The third-order valence-electron chi connectivity index (χ3n) is 2.57. The highest BCUT2D eigenvalue weighted by Gasteiger charge is 2.09. The van der Waals surface area contributed by atoms with Gasteiger partial charge in [0.25, 0.3) is 0 Å². The van der Waals surface area contributed by atoms with E-state index in [2.05, 4.69) is 10.3 Å². The van der Waals surface area contributed by atoms with E-state index in [9.17, 15) is 4.39 Å². The van der Waals surface area contributed by atoms with Crippen LogP contribution in [0.2, 0.25) is 0 Å². The highest BCUT2D eigenvalue weighted by Crippen LogP contribution is 2.20. The van der Waals surface area contributed by atoms with Gasteiger partial charge in [0.05, 0.1) is 22.3 Å². The number of nitriles is 1. The molecule has 1 aromatic heterocycles. The summed E-state index contributed by atoms with van der Waals surface area (Å²) in [6, 6.07) is 6.32. The Morgan fingerprint density at radius 2 is 2.39 bits per heavy atom. The Morgan fingerprint density at radius 3 is 3.00 bits per heavy atom. The Bertz CT molecular complexity index is 560. The molecule has 0 radical (unpaired) electrons. The Balaban J connectivity index is 2.00. The van der Waals surface area contributed by atoms with Crippen LogP contribution < -0.4 is 5.32 Å². The molecule has 0 amide bonds. The van der Waals surface area contributed by atoms with Gasteiger partial charge in [0.15, 0.2) is 0 Å². The van der Waals surface area contributed by atoms with E-state index >= 15 is 0 Å². The van der Waals surface area contributed by atoms with Gasteiger partial charge in [-0.25, -0.2) is 9.37 Å². The van der Waals surface area contributed by atoms with Crippen LogP contribution in [0.4, 0.5) is 10.1 Å². The van der Waals surface area contributed by atoms with Crippen LogP contribution in [-0.4, -0.2) is 11.5 Å². The van der Waals surface area contributed by atoms with Gasteiger partial charge in [-0.15, -0.1) is 11.3 Å². The van der Waals surface area contributed by atoms with E-state index < -0.39 is 5.82 Å². The average molecular weight is 261 g/mol. The number of rotatable bonds is 4. The Hall–Kier alpha value is -1.93. The molecule has 1 atom stereocenters. The SMILES string of the molecule is CC(CNc1ccc(C#N)cc1F)c1nccs1. The summed E-state index contributed by atoms with van der Waals surface area (Å²) < 4.78 is 13.6. The van der Waals surface area contributed by atoms with E-state index in [1.165, 1.54) is 6.07 Å². The van der Waals surface area contributed by atoms with Crippen LogP contribution in [0.15, 0.2) is 29.8 Å². The van der Waals surface area contributed by atoms with E-state index in [1.54, 1.807) is 29.7 Å². The molecule has 18 heavy (non-hydrogen) atoms. The zero-order chi connectivity index (χ0) is 13.0. The third-order valence-corrected chi connectivity index (χ3v) is 3.58. The molecule has 0 saturated heterocycles. The molecule has 3 nitrogen and oxygen atoms in total. The van der Waals surface area contributed by atoms with Crippen LogP contribution in [0.25, 0.3) is 0 Å². The van der Waals surface area contributed by atoms with Gasteiger partial charge in [-0.05, 0) is 18.2 Å². The van der Waals surface area contributed by atoms with Gasteiger partial charge in [-0.3, -0.25) is 0 Å². The monoisotopic (exact) mass is 261 g/mol. The lowest BCUT2D eigenvalue weighted by molar-refractivity contribution is 0.628. The molecule has 0 saturated carbocycles. The van der Waals surface area contributed by atoms with Crippen molar-refractivity contribution < 1.29 is 4.39 Å². The minimum Gasteiger partial charge on any atom is -0.382 e. The molecule has 0 aliphatic rings. The van der Waals surface area contributed by atoms with Crippen molar-refractivity contribution in [3.8, 4) is 6.07 Å². The fourth-order valence-corrected chi connectivity index (χ4v) is 2.25. The summed E-state index contributed by atoms with van der Waals surface area (Å²) in [6.45, 7) is 2.64. The summed E-state index contributed by atoms with van der Waals surface area (Å²) in [5, 5.41) is 14.6. The topological polar surface area (TPSA) is 48.7 Å². The van der Waals surface area contributed by atoms with Gasteiger partial charge in [-0.1, -0.05) is 6.92 Å². The normalized spacial score (nSPS) is 11.8. The van der Waals surface area contributed by atoms with E-state index in [1.807, 2.05) is 18.4 Å². The number of hydrogen-bond acceptors (Lipinski definition) is 4. The standard InChI is InChI=1S/C13H12FN3S/c1-9(13-16-4-5-18-13)8-17-12-3-2-10(7-15)6-11(12)14/h2-6,9,17H,8H2,1H3. The van der Waals surface area contributed by atoms with Crippen LogP contribution in [-0.2, 0) is 0 Å². The molecule has 0 bridgehead atoms. The Morgan fingerprint density at radius 1 is 1.56 bits per heavy atom. The summed E-state index contributed by atoms with van der Waals surface area (Å²) in [5.41, 5.74) is 0.739. The number of nitrogens with zero attached hydrogens (tertiary/aromatic N) is 2. The number of nitrogens with one attached hydrogen (secondary N) is 1. The van der Waals surface area contributed by atoms with Gasteiger partial charge >= 0.3 is 0 Å². The molecule has 5 heteroatoms. The van der Waals surface area contributed by atoms with E-state index in [0.29, 0.717) is 17.8 Å². The summed E-state index contributed by atoms with van der Waals surface area (Å²) in [7, 11) is 0. The van der Waals surface area contributed by atoms with Crippen molar-refractivity contribution in [2.45, 2.75) is 12.8 Å². The largest absolute Gasteiger partial charge is 0.382 e. The zero-order valence-electron chi connectivity index (χ0n) is 9.85. The third kappa shape index (κ3) is 2.84.